The molecule has 0 saturated carbocycles. The summed E-state index contributed by atoms with van der Waals surface area (Å²) in [6.45, 7) is 1.91. The number of rotatable bonds is 4. The van der Waals surface area contributed by atoms with Crippen LogP contribution in [0.1, 0.15) is 30.7 Å². The second-order valence-corrected chi connectivity index (χ2v) is 7.14. The Hall–Kier alpha value is -0.850. The molecule has 0 atom stereocenters. The Morgan fingerprint density at radius 2 is 2.19 bits per heavy atom. The zero-order chi connectivity index (χ0) is 14.7. The Balaban J connectivity index is 1.81. The highest BCUT2D eigenvalue weighted by atomic mass is 79.9. The van der Waals surface area contributed by atoms with E-state index in [1.165, 1.54) is 29.7 Å². The highest BCUT2D eigenvalue weighted by Crippen LogP contribution is 2.31. The number of nitrogens with zero attached hydrogens (tertiary/aromatic N) is 3. The molecule has 0 bridgehead atoms. The fraction of sp³-hybridized carbons (Fsp3) is 0.467. The lowest BCUT2D eigenvalue weighted by Gasteiger charge is -2.08. The van der Waals surface area contributed by atoms with E-state index in [2.05, 4.69) is 54.2 Å². The predicted octanol–water partition coefficient (Wildman–Crippen LogP) is 3.64. The third kappa shape index (κ3) is 3.49. The first-order valence-corrected chi connectivity index (χ1v) is 8.92. The monoisotopic (exact) mass is 366 g/mol. The average Bonchev–Trinajstić information content (AvgIpc) is 2.71. The van der Waals surface area contributed by atoms with Crippen molar-refractivity contribution in [1.82, 2.24) is 20.1 Å². The minimum absolute atomic E-state index is 0.867. The van der Waals surface area contributed by atoms with E-state index >= 15 is 0 Å². The van der Waals surface area contributed by atoms with E-state index in [9.17, 15) is 0 Å². The Morgan fingerprint density at radius 3 is 3.00 bits per heavy atom. The van der Waals surface area contributed by atoms with Gasteiger partial charge in [-0.15, -0.1) is 10.2 Å². The largest absolute Gasteiger partial charge is 0.316 e. The van der Waals surface area contributed by atoms with Crippen LogP contribution in [0.25, 0.3) is 0 Å². The lowest BCUT2D eigenvalue weighted by molar-refractivity contribution is 0.591. The summed E-state index contributed by atoms with van der Waals surface area (Å²) < 4.78 is 3.42. The number of hydrogen-bond acceptors (Lipinski definition) is 4. The molecule has 112 valence electrons. The first kappa shape index (κ1) is 15.1. The topological polar surface area (TPSA) is 42.7 Å². The molecule has 1 aromatic heterocycles. The zero-order valence-electron chi connectivity index (χ0n) is 12.1. The molecule has 1 aliphatic rings. The van der Waals surface area contributed by atoms with Crippen LogP contribution in [-0.4, -0.2) is 21.8 Å². The fourth-order valence-electron chi connectivity index (χ4n) is 2.56. The minimum atomic E-state index is 0.867. The van der Waals surface area contributed by atoms with Crippen molar-refractivity contribution < 1.29 is 0 Å². The molecule has 2 heterocycles. The summed E-state index contributed by atoms with van der Waals surface area (Å²) in [6.07, 6.45) is 4.80. The van der Waals surface area contributed by atoms with Crippen LogP contribution in [0.15, 0.2) is 32.7 Å². The minimum Gasteiger partial charge on any atom is -0.316 e. The van der Waals surface area contributed by atoms with E-state index in [-0.39, 0.29) is 0 Å². The van der Waals surface area contributed by atoms with Crippen LogP contribution in [0, 0.1) is 0 Å². The number of halogens is 1. The van der Waals surface area contributed by atoms with Gasteiger partial charge in [-0.25, -0.2) is 0 Å². The summed E-state index contributed by atoms with van der Waals surface area (Å²) in [5, 5.41) is 12.9. The molecule has 0 radical (unpaired) electrons. The SMILES string of the molecule is CNCc1ccc(Sc2nnc3n2CCCCC3)cc1Br. The van der Waals surface area contributed by atoms with E-state index in [0.717, 1.165) is 35.0 Å². The predicted molar refractivity (Wildman–Crippen MR) is 88.6 cm³/mol. The Kier molecular flexibility index (Phi) is 4.98. The van der Waals surface area contributed by atoms with Gasteiger partial charge < -0.3 is 9.88 Å². The smallest absolute Gasteiger partial charge is 0.196 e. The molecule has 2 aromatic rings. The molecule has 4 nitrogen and oxygen atoms in total. The van der Waals surface area contributed by atoms with Crippen LogP contribution < -0.4 is 5.32 Å². The van der Waals surface area contributed by atoms with Gasteiger partial charge in [-0.05, 0) is 49.3 Å². The number of benzene rings is 1. The maximum Gasteiger partial charge on any atom is 0.196 e. The molecule has 0 spiro atoms. The van der Waals surface area contributed by atoms with Gasteiger partial charge in [0.05, 0.1) is 0 Å². The van der Waals surface area contributed by atoms with Crippen molar-refractivity contribution in [3.8, 4) is 0 Å². The van der Waals surface area contributed by atoms with Gasteiger partial charge in [0.1, 0.15) is 5.82 Å². The van der Waals surface area contributed by atoms with Crippen LogP contribution >= 0.6 is 27.7 Å². The highest BCUT2D eigenvalue weighted by Gasteiger charge is 2.15. The third-order valence-electron chi connectivity index (χ3n) is 3.68. The van der Waals surface area contributed by atoms with Gasteiger partial charge in [-0.2, -0.15) is 0 Å². The average molecular weight is 367 g/mol. The second-order valence-electron chi connectivity index (χ2n) is 5.25. The van der Waals surface area contributed by atoms with E-state index in [1.807, 2.05) is 7.05 Å². The Labute approximate surface area is 137 Å². The van der Waals surface area contributed by atoms with Gasteiger partial charge in [0.25, 0.3) is 0 Å². The van der Waals surface area contributed by atoms with Crippen LogP contribution in [-0.2, 0) is 19.5 Å². The van der Waals surface area contributed by atoms with Gasteiger partial charge in [0, 0.05) is 28.9 Å². The normalized spacial score (nSPS) is 14.8. The van der Waals surface area contributed by atoms with Crippen LogP contribution in [0.2, 0.25) is 0 Å². The molecule has 0 saturated heterocycles. The summed E-state index contributed by atoms with van der Waals surface area (Å²) in [6, 6.07) is 6.47. The molecule has 6 heteroatoms. The molecule has 21 heavy (non-hydrogen) atoms. The van der Waals surface area contributed by atoms with Crippen molar-refractivity contribution in [2.24, 2.45) is 0 Å². The fourth-order valence-corrected chi connectivity index (χ4v) is 4.15. The molecule has 3 rings (SSSR count). The zero-order valence-corrected chi connectivity index (χ0v) is 14.5. The van der Waals surface area contributed by atoms with Crippen molar-refractivity contribution in [2.75, 3.05) is 7.05 Å². The number of aryl methyl sites for hydroxylation is 1. The molecule has 0 unspecified atom stereocenters. The van der Waals surface area contributed by atoms with Gasteiger partial charge in [0.2, 0.25) is 0 Å². The van der Waals surface area contributed by atoms with Crippen molar-refractivity contribution in [2.45, 2.75) is 48.8 Å². The van der Waals surface area contributed by atoms with E-state index < -0.39 is 0 Å². The van der Waals surface area contributed by atoms with E-state index in [0.29, 0.717) is 0 Å². The van der Waals surface area contributed by atoms with Crippen molar-refractivity contribution in [3.63, 3.8) is 0 Å². The maximum absolute atomic E-state index is 4.37. The van der Waals surface area contributed by atoms with Crippen LogP contribution in [0.3, 0.4) is 0 Å². The van der Waals surface area contributed by atoms with E-state index in [1.54, 1.807) is 11.8 Å². The lowest BCUT2D eigenvalue weighted by Crippen LogP contribution is -2.05. The Bertz CT molecular complexity index is 626. The van der Waals surface area contributed by atoms with Crippen LogP contribution in [0.5, 0.6) is 0 Å². The molecule has 1 aromatic carbocycles. The van der Waals surface area contributed by atoms with E-state index in [4.69, 9.17) is 0 Å². The standard InChI is InChI=1S/C15H19BrN4S/c1-17-10-11-6-7-12(9-13(11)16)21-15-19-18-14-5-3-2-4-8-20(14)15/h6-7,9,17H,2-5,8,10H2,1H3. The molecular weight excluding hydrogens is 348 g/mol. The van der Waals surface area contributed by atoms with Gasteiger partial charge in [-0.3, -0.25) is 0 Å². The summed E-state index contributed by atoms with van der Waals surface area (Å²) in [5.41, 5.74) is 1.27. The summed E-state index contributed by atoms with van der Waals surface area (Å²) in [7, 11) is 1.96. The van der Waals surface area contributed by atoms with Crippen molar-refractivity contribution in [1.29, 1.82) is 0 Å². The number of aromatic nitrogens is 3. The number of hydrogen-bond donors (Lipinski definition) is 1. The summed E-state index contributed by atoms with van der Waals surface area (Å²) in [4.78, 5) is 1.20. The van der Waals surface area contributed by atoms with Gasteiger partial charge in [-0.1, -0.05) is 28.4 Å². The lowest BCUT2D eigenvalue weighted by atomic mass is 10.2. The Morgan fingerprint density at radius 1 is 1.29 bits per heavy atom. The second kappa shape index (κ2) is 6.94. The molecular formula is C15H19BrN4S. The van der Waals surface area contributed by atoms with Crippen LogP contribution in [0.4, 0.5) is 0 Å². The molecule has 0 fully saturated rings. The molecule has 1 aliphatic heterocycles. The van der Waals surface area contributed by atoms with Crippen molar-refractivity contribution >= 4 is 27.7 Å². The molecule has 0 aliphatic carbocycles. The quantitative estimate of drug-likeness (QED) is 0.896. The van der Waals surface area contributed by atoms with Gasteiger partial charge >= 0.3 is 0 Å². The van der Waals surface area contributed by atoms with Crippen molar-refractivity contribution in [3.05, 3.63) is 34.1 Å². The first-order valence-electron chi connectivity index (χ1n) is 7.31. The number of fused-ring (bicyclic) bond motifs is 1. The third-order valence-corrected chi connectivity index (χ3v) is 5.39. The van der Waals surface area contributed by atoms with Gasteiger partial charge in [0.15, 0.2) is 5.16 Å². The number of nitrogens with one attached hydrogen (secondary N) is 1. The maximum atomic E-state index is 4.37. The molecule has 1 N–H and O–H groups in total. The summed E-state index contributed by atoms with van der Waals surface area (Å²) >= 11 is 5.34. The first-order chi connectivity index (χ1) is 10.3. The summed E-state index contributed by atoms with van der Waals surface area (Å²) in [5.74, 6) is 1.14. The highest BCUT2D eigenvalue weighted by molar-refractivity contribution is 9.10. The molecule has 0 amide bonds.